The Kier molecular flexibility index (Phi) is 4.52. The molecule has 1 aliphatic rings. The molecule has 0 radical (unpaired) electrons. The van der Waals surface area contributed by atoms with Crippen LogP contribution >= 0.6 is 0 Å². The summed E-state index contributed by atoms with van der Waals surface area (Å²) in [7, 11) is 3.30. The Morgan fingerprint density at radius 1 is 1.18 bits per heavy atom. The van der Waals surface area contributed by atoms with E-state index >= 15 is 0 Å². The van der Waals surface area contributed by atoms with E-state index in [1.165, 1.54) is 6.33 Å². The van der Waals surface area contributed by atoms with Crippen molar-refractivity contribution in [1.29, 1.82) is 0 Å². The minimum atomic E-state index is -0.614. The molecule has 2 heterocycles. The van der Waals surface area contributed by atoms with Gasteiger partial charge in [0.1, 0.15) is 12.1 Å². The van der Waals surface area contributed by atoms with E-state index in [0.29, 0.717) is 16.9 Å². The van der Waals surface area contributed by atoms with Gasteiger partial charge in [0.2, 0.25) is 11.9 Å². The van der Waals surface area contributed by atoms with Gasteiger partial charge in [-0.2, -0.15) is 10.1 Å². The number of hydrogen-bond donors (Lipinski definition) is 2. The van der Waals surface area contributed by atoms with Crippen LogP contribution in [0.4, 0.5) is 5.95 Å². The van der Waals surface area contributed by atoms with Crippen LogP contribution in [0.1, 0.15) is 33.4 Å². The summed E-state index contributed by atoms with van der Waals surface area (Å²) in [4.78, 5) is 31.7. The van der Waals surface area contributed by atoms with Crippen LogP contribution < -0.4 is 10.1 Å². The summed E-state index contributed by atoms with van der Waals surface area (Å²) < 4.78 is 5.23. The average molecular weight is 377 g/mol. The van der Waals surface area contributed by atoms with Gasteiger partial charge in [-0.05, 0) is 29.3 Å². The lowest BCUT2D eigenvalue weighted by molar-refractivity contribution is -0.119. The highest BCUT2D eigenvalue weighted by Gasteiger charge is 2.42. The van der Waals surface area contributed by atoms with Crippen molar-refractivity contribution in [3.8, 4) is 5.75 Å². The number of fused-ring (bicyclic) bond motifs is 1. The zero-order chi connectivity index (χ0) is 19.7. The second-order valence-electron chi connectivity index (χ2n) is 6.52. The lowest BCUT2D eigenvalue weighted by Crippen LogP contribution is -2.44. The van der Waals surface area contributed by atoms with Crippen LogP contribution in [-0.4, -0.2) is 46.1 Å². The third-order valence-electron chi connectivity index (χ3n) is 4.98. The maximum absolute atomic E-state index is 13.2. The molecule has 1 aromatic heterocycles. The van der Waals surface area contributed by atoms with E-state index < -0.39 is 12.0 Å². The van der Waals surface area contributed by atoms with E-state index in [-0.39, 0.29) is 17.8 Å². The number of benzene rings is 2. The molecule has 4 rings (SSSR count). The van der Waals surface area contributed by atoms with E-state index in [1.807, 2.05) is 36.4 Å². The van der Waals surface area contributed by atoms with Crippen LogP contribution in [0.5, 0.6) is 5.75 Å². The van der Waals surface area contributed by atoms with Crippen molar-refractivity contribution in [3.05, 3.63) is 71.5 Å². The lowest BCUT2D eigenvalue weighted by atomic mass is 9.79. The highest BCUT2D eigenvalue weighted by molar-refractivity contribution is 6.03. The summed E-state index contributed by atoms with van der Waals surface area (Å²) in [6.07, 6.45) is 1.32. The minimum absolute atomic E-state index is 0.125. The summed E-state index contributed by atoms with van der Waals surface area (Å²) in [5.74, 6) is -0.0472. The maximum Gasteiger partial charge on any atom is 0.254 e. The van der Waals surface area contributed by atoms with Crippen molar-refractivity contribution in [2.75, 3.05) is 19.5 Å². The van der Waals surface area contributed by atoms with E-state index in [2.05, 4.69) is 20.5 Å². The number of hydrogen-bond acceptors (Lipinski definition) is 5. The standard InChI is InChI=1S/C20H19N5O3/c1-25-17(12-7-9-13(28-2)10-8-12)16(18(26)23-20-21-11-22-24-20)14-5-3-4-6-15(14)19(25)27/h3-11,16-17H,1-2H3,(H2,21,22,23,24,26)/t16-,17+/m0/s1. The van der Waals surface area contributed by atoms with Gasteiger partial charge in [0.25, 0.3) is 5.91 Å². The quantitative estimate of drug-likeness (QED) is 0.727. The fourth-order valence-corrected chi connectivity index (χ4v) is 3.63. The molecule has 142 valence electrons. The molecule has 2 N–H and O–H groups in total. The molecule has 0 saturated heterocycles. The summed E-state index contributed by atoms with van der Waals surface area (Å²) in [6.45, 7) is 0. The highest BCUT2D eigenvalue weighted by atomic mass is 16.5. The zero-order valence-electron chi connectivity index (χ0n) is 15.4. The number of likely N-dealkylation sites (N-methyl/N-ethyl adjacent to an activating group) is 1. The molecule has 8 heteroatoms. The molecule has 0 bridgehead atoms. The molecular formula is C20H19N5O3. The first kappa shape index (κ1) is 17.7. The van der Waals surface area contributed by atoms with Gasteiger partial charge in [0.15, 0.2) is 0 Å². The first-order valence-electron chi connectivity index (χ1n) is 8.76. The number of carbonyl (C=O) groups excluding carboxylic acids is 2. The first-order chi connectivity index (χ1) is 13.6. The Labute approximate surface area is 161 Å². The molecule has 2 amide bonds. The van der Waals surface area contributed by atoms with Gasteiger partial charge in [-0.15, -0.1) is 0 Å². The van der Waals surface area contributed by atoms with E-state index in [0.717, 1.165) is 5.56 Å². The number of rotatable bonds is 4. The molecule has 0 fully saturated rings. The van der Waals surface area contributed by atoms with Crippen LogP contribution in [0.25, 0.3) is 0 Å². The second kappa shape index (κ2) is 7.15. The predicted molar refractivity (Wildman–Crippen MR) is 102 cm³/mol. The number of nitrogens with zero attached hydrogens (tertiary/aromatic N) is 3. The largest absolute Gasteiger partial charge is 0.497 e. The van der Waals surface area contributed by atoms with Crippen molar-refractivity contribution < 1.29 is 14.3 Å². The number of nitrogens with one attached hydrogen (secondary N) is 2. The van der Waals surface area contributed by atoms with Crippen molar-refractivity contribution in [2.24, 2.45) is 0 Å². The van der Waals surface area contributed by atoms with Gasteiger partial charge >= 0.3 is 0 Å². The minimum Gasteiger partial charge on any atom is -0.497 e. The SMILES string of the molecule is COc1ccc([C@@H]2[C@@H](C(=O)Nc3ncn[nH]3)c3ccccc3C(=O)N2C)cc1. The van der Waals surface area contributed by atoms with Gasteiger partial charge in [-0.3, -0.25) is 14.9 Å². The fraction of sp³-hybridized carbons (Fsp3) is 0.200. The van der Waals surface area contributed by atoms with Crippen molar-refractivity contribution in [1.82, 2.24) is 20.1 Å². The Balaban J connectivity index is 1.80. The molecule has 2 aromatic carbocycles. The zero-order valence-corrected chi connectivity index (χ0v) is 15.4. The molecule has 0 saturated carbocycles. The number of anilines is 1. The molecule has 1 aliphatic heterocycles. The van der Waals surface area contributed by atoms with Gasteiger partial charge in [-0.1, -0.05) is 30.3 Å². The van der Waals surface area contributed by atoms with E-state index in [1.54, 1.807) is 31.2 Å². The number of methoxy groups -OCH3 is 1. The van der Waals surface area contributed by atoms with Crippen LogP contribution in [0.2, 0.25) is 0 Å². The van der Waals surface area contributed by atoms with E-state index in [9.17, 15) is 9.59 Å². The molecule has 0 aliphatic carbocycles. The molecule has 0 spiro atoms. The number of amides is 2. The number of aromatic amines is 1. The maximum atomic E-state index is 13.2. The third-order valence-corrected chi connectivity index (χ3v) is 4.98. The Bertz CT molecular complexity index is 1000. The highest BCUT2D eigenvalue weighted by Crippen LogP contribution is 2.42. The van der Waals surface area contributed by atoms with Crippen molar-refractivity contribution in [2.45, 2.75) is 12.0 Å². The normalized spacial score (nSPS) is 18.5. The van der Waals surface area contributed by atoms with Crippen molar-refractivity contribution in [3.63, 3.8) is 0 Å². The Hall–Kier alpha value is -3.68. The van der Waals surface area contributed by atoms with Gasteiger partial charge in [0, 0.05) is 12.6 Å². The van der Waals surface area contributed by atoms with Crippen molar-refractivity contribution >= 4 is 17.8 Å². The topological polar surface area (TPSA) is 100 Å². The number of ether oxygens (including phenoxy) is 1. The first-order valence-corrected chi connectivity index (χ1v) is 8.76. The Morgan fingerprint density at radius 2 is 1.93 bits per heavy atom. The summed E-state index contributed by atoms with van der Waals surface area (Å²) in [5, 5.41) is 9.15. The average Bonchev–Trinajstić information content (AvgIpc) is 3.23. The van der Waals surface area contributed by atoms with Crippen LogP contribution in [0, 0.1) is 0 Å². The molecule has 3 aromatic rings. The molecular weight excluding hydrogens is 358 g/mol. The van der Waals surface area contributed by atoms with Gasteiger partial charge in [0.05, 0.1) is 19.1 Å². The number of carbonyl (C=O) groups is 2. The van der Waals surface area contributed by atoms with Gasteiger partial charge < -0.3 is 9.64 Å². The number of H-pyrrole nitrogens is 1. The monoisotopic (exact) mass is 377 g/mol. The molecule has 2 atom stereocenters. The smallest absolute Gasteiger partial charge is 0.254 e. The number of aromatic nitrogens is 3. The van der Waals surface area contributed by atoms with Crippen LogP contribution in [0.15, 0.2) is 54.9 Å². The molecule has 28 heavy (non-hydrogen) atoms. The molecule has 8 nitrogen and oxygen atoms in total. The molecule has 0 unspecified atom stereocenters. The Morgan fingerprint density at radius 3 is 2.61 bits per heavy atom. The van der Waals surface area contributed by atoms with Crippen LogP contribution in [-0.2, 0) is 4.79 Å². The summed E-state index contributed by atoms with van der Waals surface area (Å²) >= 11 is 0. The van der Waals surface area contributed by atoms with Crippen LogP contribution in [0.3, 0.4) is 0 Å². The summed E-state index contributed by atoms with van der Waals surface area (Å²) in [5.41, 5.74) is 2.04. The lowest BCUT2D eigenvalue weighted by Gasteiger charge is -2.39. The third kappa shape index (κ3) is 2.98. The van der Waals surface area contributed by atoms with Gasteiger partial charge in [-0.25, -0.2) is 5.10 Å². The summed E-state index contributed by atoms with van der Waals surface area (Å²) in [6, 6.07) is 14.1. The van der Waals surface area contributed by atoms with E-state index in [4.69, 9.17) is 4.74 Å². The predicted octanol–water partition coefficient (Wildman–Crippen LogP) is 2.36. The second-order valence-corrected chi connectivity index (χ2v) is 6.52. The fourth-order valence-electron chi connectivity index (χ4n) is 3.63.